The normalized spacial score (nSPS) is 11.1. The van der Waals surface area contributed by atoms with Crippen LogP contribution in [0.3, 0.4) is 0 Å². The summed E-state index contributed by atoms with van der Waals surface area (Å²) in [5.41, 5.74) is 6.98. The summed E-state index contributed by atoms with van der Waals surface area (Å²) in [6, 6.07) is 19.0. The largest absolute Gasteiger partial charge is 0.370 e. The molecule has 0 bridgehead atoms. The zero-order valence-corrected chi connectivity index (χ0v) is 17.0. The van der Waals surface area contributed by atoms with Crippen molar-refractivity contribution < 1.29 is 4.79 Å². The van der Waals surface area contributed by atoms with Gasteiger partial charge in [-0.1, -0.05) is 41.9 Å². The number of carbonyl (C=O) groups excluding carboxylic acids is 1. The minimum absolute atomic E-state index is 0.122. The van der Waals surface area contributed by atoms with Crippen molar-refractivity contribution in [2.24, 2.45) is 5.73 Å². The lowest BCUT2D eigenvalue weighted by molar-refractivity contribution is -0.118. The number of nitrogens with two attached hydrogens (primary N) is 1. The summed E-state index contributed by atoms with van der Waals surface area (Å²) in [6.07, 6.45) is 0.683. The highest BCUT2D eigenvalue weighted by Crippen LogP contribution is 2.32. The van der Waals surface area contributed by atoms with Gasteiger partial charge in [-0.3, -0.25) is 14.2 Å². The van der Waals surface area contributed by atoms with Crippen molar-refractivity contribution in [1.82, 2.24) is 9.55 Å². The fourth-order valence-electron chi connectivity index (χ4n) is 3.20. The van der Waals surface area contributed by atoms with Crippen molar-refractivity contribution in [3.05, 3.63) is 76.0 Å². The molecular weight excluding hydrogens is 406 g/mol. The third-order valence-electron chi connectivity index (χ3n) is 4.62. The molecule has 5 nitrogen and oxygen atoms in total. The van der Waals surface area contributed by atoms with Crippen molar-refractivity contribution in [1.29, 1.82) is 0 Å². The molecule has 0 aliphatic heterocycles. The lowest BCUT2D eigenvalue weighted by Crippen LogP contribution is -2.24. The number of primary amides is 1. The van der Waals surface area contributed by atoms with Gasteiger partial charge in [0, 0.05) is 28.4 Å². The van der Waals surface area contributed by atoms with Gasteiger partial charge in [0.15, 0.2) is 0 Å². The monoisotopic (exact) mass is 423 g/mol. The summed E-state index contributed by atoms with van der Waals surface area (Å²) in [6.45, 7) is 0.360. The Hall–Kier alpha value is -2.96. The molecule has 0 aliphatic carbocycles. The lowest BCUT2D eigenvalue weighted by Gasteiger charge is -2.12. The summed E-state index contributed by atoms with van der Waals surface area (Å²) < 4.78 is 1.62. The van der Waals surface area contributed by atoms with E-state index in [0.717, 1.165) is 16.0 Å². The van der Waals surface area contributed by atoms with Crippen LogP contribution in [-0.4, -0.2) is 15.5 Å². The number of hydrogen-bond acceptors (Lipinski definition) is 4. The Morgan fingerprint density at radius 3 is 2.48 bits per heavy atom. The quantitative estimate of drug-likeness (QED) is 0.487. The first-order chi connectivity index (χ1) is 14.0. The molecule has 7 heteroatoms. The summed E-state index contributed by atoms with van der Waals surface area (Å²) in [4.78, 5) is 30.9. The molecule has 0 saturated heterocycles. The van der Waals surface area contributed by atoms with Crippen LogP contribution in [0.5, 0.6) is 0 Å². The predicted octanol–water partition coefficient (Wildman–Crippen LogP) is 4.71. The fourth-order valence-corrected chi connectivity index (χ4v) is 4.35. The predicted molar refractivity (Wildman–Crippen MR) is 118 cm³/mol. The van der Waals surface area contributed by atoms with E-state index in [1.54, 1.807) is 16.7 Å². The Morgan fingerprint density at radius 1 is 1.07 bits per heavy atom. The van der Waals surface area contributed by atoms with Gasteiger partial charge in [0.25, 0.3) is 5.56 Å². The lowest BCUT2D eigenvalue weighted by atomic mass is 10.1. The fraction of sp³-hybridized carbons (Fsp3) is 0.136. The van der Waals surface area contributed by atoms with E-state index in [0.29, 0.717) is 34.0 Å². The number of amides is 1. The van der Waals surface area contributed by atoms with E-state index >= 15 is 0 Å². The maximum Gasteiger partial charge on any atom is 0.262 e. The minimum Gasteiger partial charge on any atom is -0.370 e. The van der Waals surface area contributed by atoms with Crippen LogP contribution in [0.4, 0.5) is 0 Å². The zero-order chi connectivity index (χ0) is 20.4. The van der Waals surface area contributed by atoms with E-state index in [1.807, 2.05) is 48.5 Å². The van der Waals surface area contributed by atoms with E-state index in [4.69, 9.17) is 22.3 Å². The van der Waals surface area contributed by atoms with Crippen molar-refractivity contribution in [2.45, 2.75) is 19.4 Å². The Labute approximate surface area is 176 Å². The van der Waals surface area contributed by atoms with Crippen LogP contribution in [0.1, 0.15) is 12.8 Å². The van der Waals surface area contributed by atoms with Gasteiger partial charge >= 0.3 is 0 Å². The number of benzene rings is 2. The van der Waals surface area contributed by atoms with Gasteiger partial charge in [-0.2, -0.15) is 0 Å². The number of hydrogen-bond donors (Lipinski definition) is 1. The zero-order valence-electron chi connectivity index (χ0n) is 15.5. The van der Waals surface area contributed by atoms with E-state index in [9.17, 15) is 9.59 Å². The van der Waals surface area contributed by atoms with Crippen LogP contribution in [0.15, 0.2) is 65.5 Å². The van der Waals surface area contributed by atoms with Crippen molar-refractivity contribution in [3.63, 3.8) is 0 Å². The molecule has 0 unspecified atom stereocenters. The molecule has 4 rings (SSSR count). The molecule has 0 radical (unpaired) electrons. The molecule has 2 aromatic carbocycles. The number of aromatic nitrogens is 2. The molecule has 0 saturated carbocycles. The molecule has 4 aromatic rings. The van der Waals surface area contributed by atoms with E-state index in [-0.39, 0.29) is 17.9 Å². The molecule has 2 N–H and O–H groups in total. The maximum atomic E-state index is 13.3. The molecular formula is C22H18ClN3O2S. The van der Waals surface area contributed by atoms with E-state index in [2.05, 4.69) is 0 Å². The Kier molecular flexibility index (Phi) is 5.47. The minimum atomic E-state index is -0.387. The van der Waals surface area contributed by atoms with Gasteiger partial charge in [0.05, 0.1) is 5.39 Å². The highest BCUT2D eigenvalue weighted by Gasteiger charge is 2.16. The first kappa shape index (κ1) is 19.4. The third-order valence-corrected chi connectivity index (χ3v) is 5.95. The Bertz CT molecular complexity index is 1230. The molecule has 0 spiro atoms. The van der Waals surface area contributed by atoms with Gasteiger partial charge in [-0.15, -0.1) is 11.3 Å². The number of rotatable bonds is 6. The number of thiophene rings is 1. The molecule has 0 aliphatic rings. The highest BCUT2D eigenvalue weighted by molar-refractivity contribution is 7.21. The topological polar surface area (TPSA) is 78.0 Å². The summed E-state index contributed by atoms with van der Waals surface area (Å²) in [7, 11) is 0. The molecule has 29 heavy (non-hydrogen) atoms. The Morgan fingerprint density at radius 2 is 1.79 bits per heavy atom. The van der Waals surface area contributed by atoms with Crippen molar-refractivity contribution in [2.75, 3.05) is 0 Å². The number of fused-ring (bicyclic) bond motifs is 1. The van der Waals surface area contributed by atoms with Gasteiger partial charge < -0.3 is 5.73 Å². The van der Waals surface area contributed by atoms with Crippen molar-refractivity contribution in [3.8, 4) is 21.8 Å². The SMILES string of the molecule is NC(=O)CCCn1c(-c2ccc(Cl)cc2)nc2sc(-c3ccccc3)cc2c1=O. The molecule has 146 valence electrons. The second-order valence-corrected chi connectivity index (χ2v) is 8.13. The van der Waals surface area contributed by atoms with E-state index < -0.39 is 0 Å². The average molecular weight is 424 g/mol. The number of nitrogens with zero attached hydrogens (tertiary/aromatic N) is 2. The van der Waals surface area contributed by atoms with Crippen molar-refractivity contribution >= 4 is 39.1 Å². The summed E-state index contributed by atoms with van der Waals surface area (Å²) in [5, 5.41) is 1.19. The maximum absolute atomic E-state index is 13.3. The summed E-state index contributed by atoms with van der Waals surface area (Å²) >= 11 is 7.51. The number of halogens is 1. The molecule has 2 aromatic heterocycles. The van der Waals surface area contributed by atoms with Gasteiger partial charge in [-0.25, -0.2) is 4.98 Å². The smallest absolute Gasteiger partial charge is 0.262 e. The van der Waals surface area contributed by atoms with E-state index in [1.165, 1.54) is 11.3 Å². The van der Waals surface area contributed by atoms with Gasteiger partial charge in [-0.05, 0) is 42.3 Å². The molecule has 1 amide bonds. The third kappa shape index (κ3) is 4.09. The molecule has 2 heterocycles. The van der Waals surface area contributed by atoms with Crippen LogP contribution in [0.25, 0.3) is 32.0 Å². The standard InChI is InChI=1S/C22H18ClN3O2S/c23-16-10-8-15(9-11-16)20-25-21-17(22(28)26(20)12-4-7-19(24)27)13-18(29-21)14-5-2-1-3-6-14/h1-3,5-6,8-11,13H,4,7,12H2,(H2,24,27). The van der Waals surface area contributed by atoms with Crippen LogP contribution in [0, 0.1) is 0 Å². The second kappa shape index (κ2) is 8.19. The van der Waals surface area contributed by atoms with Gasteiger partial charge in [0.1, 0.15) is 10.7 Å². The van der Waals surface area contributed by atoms with Crippen LogP contribution < -0.4 is 11.3 Å². The van der Waals surface area contributed by atoms with Gasteiger partial charge in [0.2, 0.25) is 5.91 Å². The van der Waals surface area contributed by atoms with Crippen LogP contribution in [-0.2, 0) is 11.3 Å². The first-order valence-corrected chi connectivity index (χ1v) is 10.4. The average Bonchev–Trinajstić information content (AvgIpc) is 3.15. The highest BCUT2D eigenvalue weighted by atomic mass is 35.5. The number of carbonyl (C=O) groups is 1. The Balaban J connectivity index is 1.87. The summed E-state index contributed by atoms with van der Waals surface area (Å²) in [5.74, 6) is 0.173. The second-order valence-electron chi connectivity index (χ2n) is 6.66. The molecule has 0 atom stereocenters. The van der Waals surface area contributed by atoms with Crippen LogP contribution >= 0.6 is 22.9 Å². The first-order valence-electron chi connectivity index (χ1n) is 9.17. The van der Waals surface area contributed by atoms with Crippen LogP contribution in [0.2, 0.25) is 5.02 Å². The molecule has 0 fully saturated rings.